The van der Waals surface area contributed by atoms with Crippen molar-refractivity contribution in [3.05, 3.63) is 17.6 Å². The molecule has 0 bridgehead atoms. The fraction of sp³-hybridized carbons (Fsp3) is 0.615. The van der Waals surface area contributed by atoms with Crippen LogP contribution in [-0.4, -0.2) is 25.5 Å². The van der Waals surface area contributed by atoms with E-state index in [4.69, 9.17) is 9.52 Å². The Bertz CT molecular complexity index is 629. The van der Waals surface area contributed by atoms with Gasteiger partial charge in [-0.15, -0.1) is 0 Å². The first-order valence-electron chi connectivity index (χ1n) is 6.47. The molecule has 1 aliphatic rings. The molecule has 1 unspecified atom stereocenters. The van der Waals surface area contributed by atoms with Gasteiger partial charge in [0.05, 0.1) is 0 Å². The predicted molar refractivity (Wildman–Crippen MR) is 72.1 cm³/mol. The van der Waals surface area contributed by atoms with Crippen LogP contribution >= 0.6 is 0 Å². The molecular weight excluding hydrogens is 282 g/mol. The molecule has 1 aliphatic carbocycles. The third-order valence-corrected chi connectivity index (χ3v) is 5.29. The molecule has 1 aromatic heterocycles. The van der Waals surface area contributed by atoms with E-state index in [1.165, 1.54) is 6.92 Å². The fourth-order valence-corrected chi connectivity index (χ4v) is 4.11. The summed E-state index contributed by atoms with van der Waals surface area (Å²) in [5.74, 6) is -1.56. The molecule has 112 valence electrons. The molecule has 2 N–H and O–H groups in total. The minimum atomic E-state index is -3.74. The Morgan fingerprint density at radius 3 is 2.60 bits per heavy atom. The van der Waals surface area contributed by atoms with Gasteiger partial charge in [-0.25, -0.2) is 17.9 Å². The largest absolute Gasteiger partial charge is 0.475 e. The van der Waals surface area contributed by atoms with Crippen molar-refractivity contribution in [2.45, 2.75) is 51.0 Å². The van der Waals surface area contributed by atoms with Crippen molar-refractivity contribution in [3.8, 4) is 0 Å². The smallest absolute Gasteiger partial charge is 0.371 e. The highest BCUT2D eigenvalue weighted by Gasteiger charge is 2.34. The number of furan rings is 1. The summed E-state index contributed by atoms with van der Waals surface area (Å²) in [6.07, 6.45) is 2.52. The van der Waals surface area contributed by atoms with Crippen LogP contribution in [0.4, 0.5) is 0 Å². The van der Waals surface area contributed by atoms with Crippen LogP contribution < -0.4 is 4.72 Å². The van der Waals surface area contributed by atoms with Crippen molar-refractivity contribution >= 4 is 16.0 Å². The van der Waals surface area contributed by atoms with Crippen molar-refractivity contribution in [1.82, 2.24) is 4.72 Å². The summed E-state index contributed by atoms with van der Waals surface area (Å²) in [7, 11) is -3.74. The minimum Gasteiger partial charge on any atom is -0.475 e. The van der Waals surface area contributed by atoms with Gasteiger partial charge in [0, 0.05) is 12.1 Å². The van der Waals surface area contributed by atoms with E-state index < -0.39 is 16.0 Å². The topological polar surface area (TPSA) is 96.6 Å². The standard InChI is InChI=1S/C13H19NO5S/c1-8-11(6-10(19-8)12(15)16)20(17,18)14-9-4-5-13(2,3)7-9/h6,9,14H,4-5,7H2,1-3H3,(H,15,16). The molecule has 6 nitrogen and oxygen atoms in total. The van der Waals surface area contributed by atoms with Crippen LogP contribution in [0.2, 0.25) is 0 Å². The Kier molecular flexibility index (Phi) is 3.68. The summed E-state index contributed by atoms with van der Waals surface area (Å²) >= 11 is 0. The second-order valence-corrected chi connectivity index (χ2v) is 7.74. The normalized spacial score (nSPS) is 22.1. The quantitative estimate of drug-likeness (QED) is 0.888. The lowest BCUT2D eigenvalue weighted by Gasteiger charge is -2.17. The zero-order valence-electron chi connectivity index (χ0n) is 11.8. The first kappa shape index (κ1) is 15.1. The average Bonchev–Trinajstić information content (AvgIpc) is 2.82. The lowest BCUT2D eigenvalue weighted by Crippen LogP contribution is -2.33. The van der Waals surface area contributed by atoms with E-state index in [1.807, 2.05) is 0 Å². The van der Waals surface area contributed by atoms with Gasteiger partial charge in [0.25, 0.3) is 0 Å². The van der Waals surface area contributed by atoms with Crippen LogP contribution in [0.5, 0.6) is 0 Å². The third kappa shape index (κ3) is 3.04. The van der Waals surface area contributed by atoms with Crippen LogP contribution in [0.15, 0.2) is 15.4 Å². The van der Waals surface area contributed by atoms with Gasteiger partial charge in [-0.2, -0.15) is 0 Å². The predicted octanol–water partition coefficient (Wildman–Crippen LogP) is 2.14. The maximum absolute atomic E-state index is 12.3. The summed E-state index contributed by atoms with van der Waals surface area (Å²) < 4.78 is 32.2. The Hall–Kier alpha value is -1.34. The molecule has 1 atom stereocenters. The molecule has 2 rings (SSSR count). The summed E-state index contributed by atoms with van der Waals surface area (Å²) in [4.78, 5) is 10.7. The number of sulfonamides is 1. The zero-order chi connectivity index (χ0) is 15.1. The van der Waals surface area contributed by atoms with Crippen LogP contribution in [0.3, 0.4) is 0 Å². The van der Waals surface area contributed by atoms with Gasteiger partial charge in [-0.1, -0.05) is 13.8 Å². The first-order valence-corrected chi connectivity index (χ1v) is 7.95. The van der Waals surface area contributed by atoms with E-state index in [9.17, 15) is 13.2 Å². The molecule has 20 heavy (non-hydrogen) atoms. The maximum atomic E-state index is 12.3. The van der Waals surface area contributed by atoms with Crippen LogP contribution in [0.1, 0.15) is 49.4 Å². The highest BCUT2D eigenvalue weighted by atomic mass is 32.2. The number of hydrogen-bond donors (Lipinski definition) is 2. The summed E-state index contributed by atoms with van der Waals surface area (Å²) in [5, 5.41) is 8.83. The van der Waals surface area contributed by atoms with Crippen LogP contribution in [0.25, 0.3) is 0 Å². The van der Waals surface area contributed by atoms with Gasteiger partial charge < -0.3 is 9.52 Å². The maximum Gasteiger partial charge on any atom is 0.371 e. The molecule has 0 aliphatic heterocycles. The zero-order valence-corrected chi connectivity index (χ0v) is 12.6. The number of carbonyl (C=O) groups is 1. The highest BCUT2D eigenvalue weighted by Crippen LogP contribution is 2.37. The van der Waals surface area contributed by atoms with Crippen molar-refractivity contribution in [2.24, 2.45) is 5.41 Å². The second-order valence-electron chi connectivity index (χ2n) is 6.06. The lowest BCUT2D eigenvalue weighted by atomic mass is 9.92. The van der Waals surface area contributed by atoms with Crippen molar-refractivity contribution in [1.29, 1.82) is 0 Å². The van der Waals surface area contributed by atoms with Crippen molar-refractivity contribution < 1.29 is 22.7 Å². The van der Waals surface area contributed by atoms with E-state index >= 15 is 0 Å². The molecule has 1 saturated carbocycles. The molecule has 1 heterocycles. The molecule has 0 amide bonds. The number of nitrogens with one attached hydrogen (secondary N) is 1. The Labute approximate surface area is 118 Å². The van der Waals surface area contributed by atoms with Gasteiger partial charge in [-0.3, -0.25) is 0 Å². The molecule has 1 aromatic rings. The van der Waals surface area contributed by atoms with Crippen LogP contribution in [-0.2, 0) is 10.0 Å². The first-order chi connectivity index (χ1) is 9.11. The number of hydrogen-bond acceptors (Lipinski definition) is 4. The van der Waals surface area contributed by atoms with Gasteiger partial charge in [-0.05, 0) is 31.6 Å². The number of carboxylic acid groups (broad SMARTS) is 1. The fourth-order valence-electron chi connectivity index (χ4n) is 2.66. The molecule has 7 heteroatoms. The van der Waals surface area contributed by atoms with Crippen molar-refractivity contribution in [2.75, 3.05) is 0 Å². The molecule has 0 aromatic carbocycles. The Balaban J connectivity index is 2.21. The van der Waals surface area contributed by atoms with E-state index in [2.05, 4.69) is 18.6 Å². The van der Waals surface area contributed by atoms with Gasteiger partial charge >= 0.3 is 5.97 Å². The number of aromatic carboxylic acids is 1. The van der Waals surface area contributed by atoms with E-state index in [0.29, 0.717) is 0 Å². The Morgan fingerprint density at radius 2 is 2.15 bits per heavy atom. The van der Waals surface area contributed by atoms with Crippen molar-refractivity contribution in [3.63, 3.8) is 0 Å². The van der Waals surface area contributed by atoms with E-state index in [-0.39, 0.29) is 27.9 Å². The number of carboxylic acids is 1. The monoisotopic (exact) mass is 301 g/mol. The van der Waals surface area contributed by atoms with Crippen LogP contribution in [0, 0.1) is 12.3 Å². The van der Waals surface area contributed by atoms with E-state index in [0.717, 1.165) is 25.3 Å². The number of aryl methyl sites for hydroxylation is 1. The second kappa shape index (κ2) is 4.89. The SMILES string of the molecule is Cc1oc(C(=O)O)cc1S(=O)(=O)NC1CCC(C)(C)C1. The molecular formula is C13H19NO5S. The molecule has 0 radical (unpaired) electrons. The summed E-state index contributed by atoms with van der Waals surface area (Å²) in [5.41, 5.74) is 0.130. The lowest BCUT2D eigenvalue weighted by molar-refractivity contribution is 0.0661. The van der Waals surface area contributed by atoms with Gasteiger partial charge in [0.15, 0.2) is 0 Å². The van der Waals surface area contributed by atoms with Gasteiger partial charge in [0.1, 0.15) is 10.7 Å². The summed E-state index contributed by atoms with van der Waals surface area (Å²) in [6.45, 7) is 5.65. The summed E-state index contributed by atoms with van der Waals surface area (Å²) in [6, 6.07) is 0.942. The van der Waals surface area contributed by atoms with E-state index in [1.54, 1.807) is 0 Å². The third-order valence-electron chi connectivity index (χ3n) is 3.66. The molecule has 0 saturated heterocycles. The highest BCUT2D eigenvalue weighted by molar-refractivity contribution is 7.89. The molecule has 1 fully saturated rings. The minimum absolute atomic E-state index is 0.0900. The average molecular weight is 301 g/mol. The Morgan fingerprint density at radius 1 is 1.50 bits per heavy atom. The molecule has 0 spiro atoms. The van der Waals surface area contributed by atoms with Gasteiger partial charge in [0.2, 0.25) is 15.8 Å². The number of rotatable bonds is 4.